The van der Waals surface area contributed by atoms with Gasteiger partial charge in [-0.1, -0.05) is 0 Å². The van der Waals surface area contributed by atoms with Crippen LogP contribution in [0.25, 0.3) is 11.0 Å². The number of benzene rings is 1. The van der Waals surface area contributed by atoms with Crippen molar-refractivity contribution < 1.29 is 18.3 Å². The summed E-state index contributed by atoms with van der Waals surface area (Å²) in [4.78, 5) is 22.1. The highest BCUT2D eigenvalue weighted by Crippen LogP contribution is 2.31. The summed E-state index contributed by atoms with van der Waals surface area (Å²) in [5.74, 6) is -1.34. The molecular formula is C20H19F2IN4O2. The molecule has 0 radical (unpaired) electrons. The van der Waals surface area contributed by atoms with Crippen LogP contribution in [-0.2, 0) is 24.5 Å². The largest absolute Gasteiger partial charge is 0.383 e. The van der Waals surface area contributed by atoms with Gasteiger partial charge in [0, 0.05) is 26.3 Å². The van der Waals surface area contributed by atoms with E-state index < -0.39 is 11.6 Å². The van der Waals surface area contributed by atoms with Crippen molar-refractivity contribution in [2.45, 2.75) is 39.6 Å². The Morgan fingerprint density at radius 2 is 1.93 bits per heavy atom. The van der Waals surface area contributed by atoms with Gasteiger partial charge in [-0.2, -0.15) is 0 Å². The van der Waals surface area contributed by atoms with Gasteiger partial charge in [0.1, 0.15) is 23.1 Å². The van der Waals surface area contributed by atoms with Crippen molar-refractivity contribution in [3.05, 3.63) is 55.8 Å². The Morgan fingerprint density at radius 1 is 1.28 bits per heavy atom. The van der Waals surface area contributed by atoms with Crippen LogP contribution in [0.15, 0.2) is 18.2 Å². The summed E-state index contributed by atoms with van der Waals surface area (Å²) in [6, 6.07) is 3.84. The van der Waals surface area contributed by atoms with Crippen LogP contribution in [0.3, 0.4) is 0 Å². The van der Waals surface area contributed by atoms with Crippen molar-refractivity contribution in [2.24, 2.45) is 0 Å². The standard InChI is InChI=1S/C20H19F2IN4O2/c1-9(2)27(6-11-14(21)3-10(23)4-15(11)22)20(28)17-5-16-18(25-17)12-7-29-8-13(12)19(24)26-16/h3-5,9,25H,6-8H2,1-2H3,(H2,24,26). The number of amides is 1. The summed E-state index contributed by atoms with van der Waals surface area (Å²) >= 11 is 1.85. The number of nitrogens with one attached hydrogen (secondary N) is 1. The highest BCUT2D eigenvalue weighted by molar-refractivity contribution is 14.1. The van der Waals surface area contributed by atoms with E-state index >= 15 is 0 Å². The molecular weight excluding hydrogens is 493 g/mol. The zero-order chi connectivity index (χ0) is 20.9. The Kier molecular flexibility index (Phi) is 5.19. The minimum absolute atomic E-state index is 0.139. The number of pyridine rings is 1. The maximum atomic E-state index is 14.3. The number of aromatic amines is 1. The molecule has 6 nitrogen and oxygen atoms in total. The first-order chi connectivity index (χ1) is 13.8. The number of halogens is 3. The minimum atomic E-state index is -0.672. The minimum Gasteiger partial charge on any atom is -0.383 e. The number of ether oxygens (including phenoxy) is 1. The number of H-pyrrole nitrogens is 1. The maximum absolute atomic E-state index is 14.3. The molecule has 3 N–H and O–H groups in total. The third-order valence-electron chi connectivity index (χ3n) is 5.05. The molecule has 1 aliphatic heterocycles. The predicted octanol–water partition coefficient (Wildman–Crippen LogP) is 4.11. The van der Waals surface area contributed by atoms with Gasteiger partial charge in [-0.15, -0.1) is 0 Å². The molecule has 0 saturated heterocycles. The second-order valence-electron chi connectivity index (χ2n) is 7.26. The average molecular weight is 512 g/mol. The van der Waals surface area contributed by atoms with Gasteiger partial charge >= 0.3 is 0 Å². The first-order valence-electron chi connectivity index (χ1n) is 9.08. The lowest BCUT2D eigenvalue weighted by molar-refractivity contribution is 0.0681. The Balaban J connectivity index is 1.71. The second kappa shape index (κ2) is 7.52. The number of hydrogen-bond donors (Lipinski definition) is 2. The lowest BCUT2D eigenvalue weighted by atomic mass is 10.1. The molecule has 3 aromatic rings. The van der Waals surface area contributed by atoms with Crippen LogP contribution in [0.5, 0.6) is 0 Å². The smallest absolute Gasteiger partial charge is 0.270 e. The number of nitrogen functional groups attached to an aromatic ring is 1. The molecule has 2 aromatic heterocycles. The van der Waals surface area contributed by atoms with E-state index in [1.54, 1.807) is 19.9 Å². The highest BCUT2D eigenvalue weighted by atomic mass is 127. The van der Waals surface area contributed by atoms with Crippen LogP contribution in [0.2, 0.25) is 0 Å². The number of aromatic nitrogens is 2. The number of nitrogens with zero attached hydrogens (tertiary/aromatic N) is 2. The summed E-state index contributed by atoms with van der Waals surface area (Å²) < 4.78 is 34.6. The zero-order valence-corrected chi connectivity index (χ0v) is 18.0. The quantitative estimate of drug-likeness (QED) is 0.516. The van der Waals surface area contributed by atoms with E-state index in [2.05, 4.69) is 9.97 Å². The number of rotatable bonds is 4. The van der Waals surface area contributed by atoms with E-state index in [9.17, 15) is 13.6 Å². The van der Waals surface area contributed by atoms with Crippen LogP contribution < -0.4 is 5.73 Å². The molecule has 0 saturated carbocycles. The van der Waals surface area contributed by atoms with Crippen molar-refractivity contribution in [1.82, 2.24) is 14.9 Å². The Bertz CT molecular complexity index is 1110. The molecule has 1 aromatic carbocycles. The second-order valence-corrected chi connectivity index (χ2v) is 8.51. The fourth-order valence-corrected chi connectivity index (χ4v) is 4.04. The number of anilines is 1. The summed E-state index contributed by atoms with van der Waals surface area (Å²) in [6.45, 7) is 4.18. The number of nitrogens with two attached hydrogens (primary N) is 1. The van der Waals surface area contributed by atoms with E-state index in [1.807, 2.05) is 22.6 Å². The topological polar surface area (TPSA) is 84.2 Å². The van der Waals surface area contributed by atoms with E-state index in [0.717, 1.165) is 11.1 Å². The molecule has 152 valence electrons. The van der Waals surface area contributed by atoms with Gasteiger partial charge in [0.15, 0.2) is 0 Å². The molecule has 0 fully saturated rings. The third kappa shape index (κ3) is 3.57. The fourth-order valence-electron chi connectivity index (χ4n) is 3.49. The monoisotopic (exact) mass is 512 g/mol. The van der Waals surface area contributed by atoms with Gasteiger partial charge < -0.3 is 20.4 Å². The van der Waals surface area contributed by atoms with Crippen molar-refractivity contribution in [3.63, 3.8) is 0 Å². The van der Waals surface area contributed by atoms with Gasteiger partial charge in [-0.05, 0) is 54.6 Å². The zero-order valence-electron chi connectivity index (χ0n) is 15.9. The molecule has 29 heavy (non-hydrogen) atoms. The summed E-state index contributed by atoms with van der Waals surface area (Å²) in [6.07, 6.45) is 0. The Labute approximate surface area is 179 Å². The van der Waals surface area contributed by atoms with Gasteiger partial charge in [-0.3, -0.25) is 4.79 Å². The van der Waals surface area contributed by atoms with Crippen LogP contribution >= 0.6 is 22.6 Å². The summed E-state index contributed by atoms with van der Waals surface area (Å²) in [7, 11) is 0. The normalized spacial score (nSPS) is 13.3. The molecule has 9 heteroatoms. The van der Waals surface area contributed by atoms with Gasteiger partial charge in [0.05, 0.1) is 30.8 Å². The molecule has 0 atom stereocenters. The first kappa shape index (κ1) is 20.0. The van der Waals surface area contributed by atoms with Crippen molar-refractivity contribution in [2.75, 3.05) is 5.73 Å². The summed E-state index contributed by atoms with van der Waals surface area (Å²) in [5.41, 5.74) is 9.11. The van der Waals surface area contributed by atoms with Crippen LogP contribution in [-0.4, -0.2) is 26.8 Å². The first-order valence-corrected chi connectivity index (χ1v) is 10.2. The van der Waals surface area contributed by atoms with Gasteiger partial charge in [0.2, 0.25) is 0 Å². The van der Waals surface area contributed by atoms with Crippen molar-refractivity contribution >= 4 is 45.3 Å². The lowest BCUT2D eigenvalue weighted by Crippen LogP contribution is -2.37. The van der Waals surface area contributed by atoms with Crippen molar-refractivity contribution in [1.29, 1.82) is 0 Å². The molecule has 0 aliphatic carbocycles. The third-order valence-corrected chi connectivity index (χ3v) is 5.68. The SMILES string of the molecule is CC(C)N(Cc1c(F)cc(I)cc1F)C(=O)c1cc2nc(N)c3c(c2[nH]1)COC3. The van der Waals surface area contributed by atoms with Crippen LogP contribution in [0, 0.1) is 15.2 Å². The van der Waals surface area contributed by atoms with E-state index in [-0.39, 0.29) is 29.8 Å². The van der Waals surface area contributed by atoms with Crippen LogP contribution in [0.1, 0.15) is 41.0 Å². The number of fused-ring (bicyclic) bond motifs is 3. The van der Waals surface area contributed by atoms with Crippen LogP contribution in [0.4, 0.5) is 14.6 Å². The molecule has 0 spiro atoms. The fraction of sp³-hybridized carbons (Fsp3) is 0.300. The number of carbonyl (C=O) groups excluding carboxylic acids is 1. The Morgan fingerprint density at radius 3 is 2.59 bits per heavy atom. The van der Waals surface area contributed by atoms with E-state index in [0.29, 0.717) is 33.6 Å². The molecule has 0 unspecified atom stereocenters. The molecule has 4 rings (SSSR count). The van der Waals surface area contributed by atoms with Gasteiger partial charge in [0.25, 0.3) is 5.91 Å². The molecule has 3 heterocycles. The average Bonchev–Trinajstić information content (AvgIpc) is 3.27. The maximum Gasteiger partial charge on any atom is 0.270 e. The predicted molar refractivity (Wildman–Crippen MR) is 113 cm³/mol. The summed E-state index contributed by atoms with van der Waals surface area (Å²) in [5, 5.41) is 0. The van der Waals surface area contributed by atoms with E-state index in [1.165, 1.54) is 17.0 Å². The molecule has 0 bridgehead atoms. The van der Waals surface area contributed by atoms with E-state index in [4.69, 9.17) is 10.5 Å². The lowest BCUT2D eigenvalue weighted by Gasteiger charge is -2.27. The van der Waals surface area contributed by atoms with Crippen molar-refractivity contribution in [3.8, 4) is 0 Å². The number of carbonyl (C=O) groups is 1. The Hall–Kier alpha value is -2.27. The van der Waals surface area contributed by atoms with Gasteiger partial charge in [-0.25, -0.2) is 13.8 Å². The molecule has 1 aliphatic rings. The highest BCUT2D eigenvalue weighted by Gasteiger charge is 2.26. The number of hydrogen-bond acceptors (Lipinski definition) is 4. The molecule has 1 amide bonds.